The number of hydrogen-bond acceptors (Lipinski definition) is 12. The van der Waals surface area contributed by atoms with Gasteiger partial charge in [0.2, 0.25) is 4.77 Å². The van der Waals surface area contributed by atoms with Gasteiger partial charge in [0.1, 0.15) is 22.8 Å². The van der Waals surface area contributed by atoms with E-state index in [0.29, 0.717) is 43.7 Å². The molecule has 0 radical (unpaired) electrons. The summed E-state index contributed by atoms with van der Waals surface area (Å²) >= 11 is 5.36. The van der Waals surface area contributed by atoms with E-state index in [4.69, 9.17) is 18.0 Å². The summed E-state index contributed by atoms with van der Waals surface area (Å²) in [5, 5.41) is 16.4. The third-order valence-corrected chi connectivity index (χ3v) is 9.34. The Morgan fingerprint density at radius 1 is 1.02 bits per heavy atom. The standard InChI is InChI=1S/C32H26N10O6S/c33-23-24(26(44)25(23)43)41-8-7-15-2-1-14(9-18(15)13-41)12-34-29(46)22-11-21(36-30-38-39-31(49)42(22)30)28(45)35-20-6-4-16-10-17(3-5-19(16)20)27-37-32(47)48-40-27/h1-3,5,9-11,20H,4,6-8,12-13,33H2,(H,34,46)(H,35,45)(H,39,49)(H,37,40,47)/t20-/m0/s1. The second-order valence-corrected chi connectivity index (χ2v) is 12.4. The van der Waals surface area contributed by atoms with Gasteiger partial charge >= 0.3 is 5.76 Å². The maximum Gasteiger partial charge on any atom is 0.439 e. The number of fused-ring (bicyclic) bond motifs is 3. The van der Waals surface area contributed by atoms with Crippen molar-refractivity contribution in [1.29, 1.82) is 0 Å². The number of rotatable bonds is 7. The Bertz CT molecular complexity index is 2540. The monoisotopic (exact) mass is 678 g/mol. The first-order chi connectivity index (χ1) is 23.6. The molecule has 0 saturated heterocycles. The zero-order chi connectivity index (χ0) is 34.0. The van der Waals surface area contributed by atoms with Crippen molar-refractivity contribution in [3.05, 3.63) is 117 Å². The minimum Gasteiger partial charge on any atom is -0.394 e. The average Bonchev–Trinajstić information content (AvgIpc) is 3.84. The second kappa shape index (κ2) is 11.5. The highest BCUT2D eigenvalue weighted by Gasteiger charge is 2.28. The fourth-order valence-electron chi connectivity index (χ4n) is 6.59. The quantitative estimate of drug-likeness (QED) is 0.119. The normalized spacial score (nSPS) is 15.3. The number of carbonyl (C=O) groups excluding carboxylic acids is 2. The highest BCUT2D eigenvalue weighted by atomic mass is 32.1. The predicted octanol–water partition coefficient (Wildman–Crippen LogP) is 1.22. The molecule has 3 aromatic heterocycles. The Kier molecular flexibility index (Phi) is 7.06. The topological polar surface area (TPSA) is 226 Å². The van der Waals surface area contributed by atoms with Crippen LogP contribution in [0.5, 0.6) is 0 Å². The summed E-state index contributed by atoms with van der Waals surface area (Å²) in [5.74, 6) is -1.25. The summed E-state index contributed by atoms with van der Waals surface area (Å²) in [6, 6.07) is 12.5. The van der Waals surface area contributed by atoms with E-state index in [1.807, 2.05) is 35.2 Å². The van der Waals surface area contributed by atoms with Crippen molar-refractivity contribution in [2.45, 2.75) is 38.4 Å². The van der Waals surface area contributed by atoms with Crippen LogP contribution in [0.3, 0.4) is 0 Å². The number of nitrogen functional groups attached to an aromatic ring is 1. The zero-order valence-corrected chi connectivity index (χ0v) is 26.3. The molecule has 2 aliphatic rings. The van der Waals surface area contributed by atoms with Crippen LogP contribution in [0, 0.1) is 4.77 Å². The largest absolute Gasteiger partial charge is 0.439 e. The van der Waals surface area contributed by atoms with Gasteiger partial charge in [-0.2, -0.15) is 0 Å². The Labute approximate surface area is 279 Å². The van der Waals surface area contributed by atoms with Crippen molar-refractivity contribution in [2.24, 2.45) is 0 Å². The number of nitrogens with one attached hydrogen (secondary N) is 4. The Balaban J connectivity index is 0.992. The van der Waals surface area contributed by atoms with Crippen LogP contribution in [-0.2, 0) is 25.9 Å². The van der Waals surface area contributed by atoms with E-state index in [1.165, 1.54) is 10.5 Å². The molecule has 0 unspecified atom stereocenters. The Hall–Kier alpha value is -6.23. The fraction of sp³-hybridized carbons (Fsp3) is 0.219. The molecule has 1 aliphatic heterocycles. The number of amides is 2. The van der Waals surface area contributed by atoms with Crippen LogP contribution < -0.4 is 37.9 Å². The van der Waals surface area contributed by atoms with E-state index >= 15 is 0 Å². The van der Waals surface area contributed by atoms with Crippen LogP contribution in [0.2, 0.25) is 0 Å². The number of aryl methyl sites for hydroxylation is 1. The number of benzene rings is 2. The SMILES string of the molecule is Nc1c(N2CCc3ccc(CNC(=O)c4cc(C(=O)N[C@H]5CCc6cc(-c7noc(=O)[nH]7)ccc65)nc5n[nH]c(=S)n45)cc3C2)c(=O)c1=O. The highest BCUT2D eigenvalue weighted by molar-refractivity contribution is 7.71. The van der Waals surface area contributed by atoms with Gasteiger partial charge < -0.3 is 21.3 Å². The van der Waals surface area contributed by atoms with E-state index in [2.05, 4.69) is 40.5 Å². The van der Waals surface area contributed by atoms with Gasteiger partial charge in [0.15, 0.2) is 5.82 Å². The molecule has 0 saturated carbocycles. The molecule has 6 aromatic rings. The molecule has 49 heavy (non-hydrogen) atoms. The maximum atomic E-state index is 13.6. The number of nitrogens with zero attached hydrogens (tertiary/aromatic N) is 5. The lowest BCUT2D eigenvalue weighted by Crippen LogP contribution is -2.44. The molecule has 1 aliphatic carbocycles. The number of carbonyl (C=O) groups is 2. The molecule has 16 nitrogen and oxygen atoms in total. The van der Waals surface area contributed by atoms with Gasteiger partial charge in [0.05, 0.1) is 6.04 Å². The average molecular weight is 679 g/mol. The lowest BCUT2D eigenvalue weighted by atomic mass is 9.96. The number of anilines is 2. The van der Waals surface area contributed by atoms with Gasteiger partial charge in [-0.1, -0.05) is 35.5 Å². The smallest absolute Gasteiger partial charge is 0.394 e. The summed E-state index contributed by atoms with van der Waals surface area (Å²) in [4.78, 5) is 70.9. The van der Waals surface area contributed by atoms with E-state index in [9.17, 15) is 24.0 Å². The summed E-state index contributed by atoms with van der Waals surface area (Å²) < 4.78 is 6.11. The molecule has 0 spiro atoms. The van der Waals surface area contributed by atoms with Gasteiger partial charge in [-0.15, -0.1) is 5.10 Å². The molecule has 17 heteroatoms. The second-order valence-electron chi connectivity index (χ2n) is 12.0. The van der Waals surface area contributed by atoms with E-state index in [1.54, 1.807) is 6.07 Å². The molecule has 0 fully saturated rings. The van der Waals surface area contributed by atoms with Crippen molar-refractivity contribution >= 4 is 41.2 Å². The summed E-state index contributed by atoms with van der Waals surface area (Å²) in [5.41, 5.74) is 10.4. The number of aromatic nitrogens is 6. The first-order valence-corrected chi connectivity index (χ1v) is 15.8. The summed E-state index contributed by atoms with van der Waals surface area (Å²) in [6.07, 6.45) is 2.01. The van der Waals surface area contributed by atoms with Crippen LogP contribution in [0.25, 0.3) is 17.2 Å². The molecule has 1 atom stereocenters. The molecule has 246 valence electrons. The number of hydrogen-bond donors (Lipinski definition) is 5. The van der Waals surface area contributed by atoms with Crippen molar-refractivity contribution in [1.82, 2.24) is 40.4 Å². The third-order valence-electron chi connectivity index (χ3n) is 9.07. The van der Waals surface area contributed by atoms with E-state index in [-0.39, 0.29) is 45.9 Å². The maximum absolute atomic E-state index is 13.6. The molecule has 3 aromatic carbocycles. The lowest BCUT2D eigenvalue weighted by Gasteiger charge is -2.32. The number of nitrogens with two attached hydrogens (primary N) is 1. The van der Waals surface area contributed by atoms with Crippen molar-refractivity contribution in [3.8, 4) is 11.4 Å². The number of aromatic amines is 2. The minimum absolute atomic E-state index is 0.00294. The van der Waals surface area contributed by atoms with E-state index < -0.39 is 28.4 Å². The van der Waals surface area contributed by atoms with Crippen molar-refractivity contribution < 1.29 is 14.1 Å². The third kappa shape index (κ3) is 5.20. The number of H-pyrrole nitrogens is 2. The van der Waals surface area contributed by atoms with Crippen LogP contribution in [0.1, 0.15) is 61.3 Å². The van der Waals surface area contributed by atoms with Gasteiger partial charge in [-0.05, 0) is 71.4 Å². The highest BCUT2D eigenvalue weighted by Crippen LogP contribution is 2.34. The molecular formula is C32H26N10O6S. The van der Waals surface area contributed by atoms with Crippen LogP contribution in [0.4, 0.5) is 11.4 Å². The van der Waals surface area contributed by atoms with E-state index in [0.717, 1.165) is 27.8 Å². The zero-order valence-electron chi connectivity index (χ0n) is 25.5. The lowest BCUT2D eigenvalue weighted by molar-refractivity contribution is 0.0931. The summed E-state index contributed by atoms with van der Waals surface area (Å²) in [6.45, 7) is 1.14. The fourth-order valence-corrected chi connectivity index (χ4v) is 6.82. The van der Waals surface area contributed by atoms with Crippen LogP contribution >= 0.6 is 12.2 Å². The molecule has 0 bridgehead atoms. The summed E-state index contributed by atoms with van der Waals surface area (Å²) in [7, 11) is 0. The van der Waals surface area contributed by atoms with Gasteiger partial charge in [-0.25, -0.2) is 19.3 Å². The molecule has 6 N–H and O–H groups in total. The van der Waals surface area contributed by atoms with Gasteiger partial charge in [0.25, 0.3) is 28.4 Å². The van der Waals surface area contributed by atoms with Crippen molar-refractivity contribution in [3.63, 3.8) is 0 Å². The van der Waals surface area contributed by atoms with Gasteiger partial charge in [0, 0.05) is 25.2 Å². The molecule has 2 amide bonds. The van der Waals surface area contributed by atoms with Gasteiger partial charge in [-0.3, -0.25) is 28.7 Å². The predicted molar refractivity (Wildman–Crippen MR) is 177 cm³/mol. The van der Waals surface area contributed by atoms with Crippen LogP contribution in [0.15, 0.2) is 61.4 Å². The molecule has 8 rings (SSSR count). The van der Waals surface area contributed by atoms with Crippen molar-refractivity contribution in [2.75, 3.05) is 17.2 Å². The first-order valence-electron chi connectivity index (χ1n) is 15.4. The molecular weight excluding hydrogens is 652 g/mol. The Morgan fingerprint density at radius 3 is 2.67 bits per heavy atom. The molecule has 4 heterocycles. The van der Waals surface area contributed by atoms with Crippen LogP contribution in [-0.4, -0.2) is 48.1 Å². The Morgan fingerprint density at radius 2 is 1.88 bits per heavy atom. The minimum atomic E-state index is -0.650. The first kappa shape index (κ1) is 30.1.